The lowest BCUT2D eigenvalue weighted by atomic mass is 10.1. The summed E-state index contributed by atoms with van der Waals surface area (Å²) in [5.41, 5.74) is 3.55. The molecule has 3 heterocycles. The van der Waals surface area contributed by atoms with Crippen LogP contribution in [0.25, 0.3) is 0 Å². The van der Waals surface area contributed by atoms with Crippen LogP contribution in [0.3, 0.4) is 0 Å². The molecule has 31 heavy (non-hydrogen) atoms. The third kappa shape index (κ3) is 3.75. The molecule has 0 N–H and O–H groups in total. The van der Waals surface area contributed by atoms with Gasteiger partial charge < -0.3 is 4.74 Å². The summed E-state index contributed by atoms with van der Waals surface area (Å²) >= 11 is 0. The number of nitrogens with zero attached hydrogens (tertiary/aromatic N) is 4. The molecule has 0 spiro atoms. The fourth-order valence-electron chi connectivity index (χ4n) is 5.28. The monoisotopic (exact) mass is 440 g/mol. The zero-order valence-electron chi connectivity index (χ0n) is 17.6. The summed E-state index contributed by atoms with van der Waals surface area (Å²) in [6.07, 6.45) is 9.98. The maximum absolute atomic E-state index is 13.3. The molecule has 7 nitrogen and oxygen atoms in total. The molecule has 2 aliphatic carbocycles. The first-order chi connectivity index (χ1) is 15.1. The van der Waals surface area contributed by atoms with E-state index in [9.17, 15) is 8.42 Å². The molecule has 0 radical (unpaired) electrons. The fourth-order valence-corrected chi connectivity index (χ4v) is 6.80. The van der Waals surface area contributed by atoms with Gasteiger partial charge in [0.2, 0.25) is 15.9 Å². The van der Waals surface area contributed by atoms with E-state index in [-0.39, 0.29) is 12.1 Å². The molecule has 1 aromatic heterocycles. The lowest BCUT2D eigenvalue weighted by Crippen LogP contribution is -2.51. The molecule has 164 valence electrons. The molecular weight excluding hydrogens is 412 g/mol. The fraction of sp³-hybridized carbons (Fsp3) is 0.565. The number of aryl methyl sites for hydroxylation is 2. The van der Waals surface area contributed by atoms with E-state index < -0.39 is 10.0 Å². The minimum absolute atomic E-state index is 0.0220. The molecule has 2 aliphatic heterocycles. The molecule has 1 aromatic carbocycles. The maximum Gasteiger partial charge on any atom is 0.243 e. The van der Waals surface area contributed by atoms with E-state index in [4.69, 9.17) is 4.74 Å². The number of hydrogen-bond donors (Lipinski definition) is 0. The highest BCUT2D eigenvalue weighted by molar-refractivity contribution is 7.89. The quantitative estimate of drug-likeness (QED) is 0.711. The Balaban J connectivity index is 1.12. The molecule has 0 unspecified atom stereocenters. The zero-order chi connectivity index (χ0) is 21.0. The van der Waals surface area contributed by atoms with Crippen molar-refractivity contribution in [1.82, 2.24) is 19.2 Å². The Kier molecular flexibility index (Phi) is 4.77. The van der Waals surface area contributed by atoms with Gasteiger partial charge in [0, 0.05) is 44.6 Å². The molecule has 3 fully saturated rings. The number of rotatable bonds is 5. The SMILES string of the molecule is O=S(=O)(c1ccc2c(c1)CCC2)N1CCN2C[C@@H](Oc3cnc(C4CC4)cn3)C[C@H]2C1. The molecule has 4 aliphatic rings. The minimum atomic E-state index is -3.46. The Morgan fingerprint density at radius 1 is 1.00 bits per heavy atom. The summed E-state index contributed by atoms with van der Waals surface area (Å²) in [5, 5.41) is 0. The largest absolute Gasteiger partial charge is 0.472 e. The summed E-state index contributed by atoms with van der Waals surface area (Å²) in [4.78, 5) is 11.7. The summed E-state index contributed by atoms with van der Waals surface area (Å²) in [6, 6.07) is 5.87. The molecule has 2 aromatic rings. The van der Waals surface area contributed by atoms with Gasteiger partial charge in [0.15, 0.2) is 0 Å². The Labute approximate surface area is 183 Å². The van der Waals surface area contributed by atoms with Crippen molar-refractivity contribution in [2.75, 3.05) is 26.2 Å². The van der Waals surface area contributed by atoms with Crippen molar-refractivity contribution in [3.8, 4) is 5.88 Å². The van der Waals surface area contributed by atoms with Crippen molar-refractivity contribution in [1.29, 1.82) is 0 Å². The van der Waals surface area contributed by atoms with Crippen molar-refractivity contribution in [2.24, 2.45) is 0 Å². The van der Waals surface area contributed by atoms with E-state index in [1.165, 1.54) is 24.0 Å². The first kappa shape index (κ1) is 19.6. The van der Waals surface area contributed by atoms with E-state index in [1.807, 2.05) is 18.3 Å². The number of piperazine rings is 1. The third-order valence-corrected chi connectivity index (χ3v) is 9.04. The van der Waals surface area contributed by atoms with Gasteiger partial charge >= 0.3 is 0 Å². The first-order valence-electron chi connectivity index (χ1n) is 11.4. The third-order valence-electron chi connectivity index (χ3n) is 7.18. The lowest BCUT2D eigenvalue weighted by molar-refractivity contribution is 0.151. The Hall–Kier alpha value is -2.03. The average molecular weight is 441 g/mol. The zero-order valence-corrected chi connectivity index (χ0v) is 18.4. The van der Waals surface area contributed by atoms with Crippen LogP contribution in [0.2, 0.25) is 0 Å². The summed E-state index contributed by atoms with van der Waals surface area (Å²) in [7, 11) is -3.46. The smallest absolute Gasteiger partial charge is 0.243 e. The first-order valence-corrected chi connectivity index (χ1v) is 12.8. The van der Waals surface area contributed by atoms with Crippen LogP contribution < -0.4 is 4.74 Å². The van der Waals surface area contributed by atoms with Gasteiger partial charge in [-0.15, -0.1) is 0 Å². The second-order valence-corrected chi connectivity index (χ2v) is 11.3. The molecule has 0 bridgehead atoms. The van der Waals surface area contributed by atoms with E-state index in [0.29, 0.717) is 29.8 Å². The van der Waals surface area contributed by atoms with Gasteiger partial charge in [0.25, 0.3) is 0 Å². The van der Waals surface area contributed by atoms with Crippen LogP contribution in [0.4, 0.5) is 0 Å². The van der Waals surface area contributed by atoms with Crippen LogP contribution in [0, 0.1) is 0 Å². The number of sulfonamides is 1. The molecule has 2 atom stereocenters. The summed E-state index contributed by atoms with van der Waals surface area (Å²) in [6.45, 7) is 2.59. The number of hydrogen-bond acceptors (Lipinski definition) is 6. The maximum atomic E-state index is 13.3. The number of ether oxygens (including phenoxy) is 1. The van der Waals surface area contributed by atoms with Gasteiger partial charge in [-0.05, 0) is 55.4 Å². The van der Waals surface area contributed by atoms with E-state index in [0.717, 1.165) is 44.5 Å². The van der Waals surface area contributed by atoms with Crippen LogP contribution in [0.5, 0.6) is 5.88 Å². The van der Waals surface area contributed by atoms with Crippen LogP contribution in [0.15, 0.2) is 35.5 Å². The van der Waals surface area contributed by atoms with E-state index >= 15 is 0 Å². The highest BCUT2D eigenvalue weighted by Crippen LogP contribution is 2.38. The average Bonchev–Trinajstić information content (AvgIpc) is 3.38. The van der Waals surface area contributed by atoms with E-state index in [2.05, 4.69) is 14.9 Å². The van der Waals surface area contributed by atoms with Crippen LogP contribution in [-0.4, -0.2) is 65.9 Å². The summed E-state index contributed by atoms with van der Waals surface area (Å²) < 4.78 is 34.4. The van der Waals surface area contributed by atoms with Gasteiger partial charge in [0.05, 0.1) is 23.0 Å². The van der Waals surface area contributed by atoms with Crippen LogP contribution >= 0.6 is 0 Å². The van der Waals surface area contributed by atoms with Gasteiger partial charge in [-0.1, -0.05) is 6.07 Å². The standard InChI is InChI=1S/C23H28N4O3S/c28-31(29,21-7-6-16-2-1-3-18(16)10-21)27-9-8-26-15-20(11-19(26)14-27)30-23-13-24-22(12-25-23)17-4-5-17/h6-7,10,12-13,17,19-20H,1-5,8-9,11,14-15H2/t19-,20-/m0/s1. The second kappa shape index (κ2) is 7.53. The molecule has 1 saturated carbocycles. The normalized spacial score (nSPS) is 26.6. The number of benzene rings is 1. The Morgan fingerprint density at radius 2 is 1.87 bits per heavy atom. The van der Waals surface area contributed by atoms with Gasteiger partial charge in [0.1, 0.15) is 6.10 Å². The van der Waals surface area contributed by atoms with Crippen molar-refractivity contribution in [2.45, 2.75) is 61.5 Å². The Morgan fingerprint density at radius 3 is 2.68 bits per heavy atom. The topological polar surface area (TPSA) is 75.6 Å². The molecule has 0 amide bonds. The molecular formula is C23H28N4O3S. The number of aromatic nitrogens is 2. The van der Waals surface area contributed by atoms with Gasteiger partial charge in [-0.2, -0.15) is 4.31 Å². The van der Waals surface area contributed by atoms with E-state index in [1.54, 1.807) is 16.6 Å². The minimum Gasteiger partial charge on any atom is -0.472 e. The van der Waals surface area contributed by atoms with Crippen molar-refractivity contribution in [3.63, 3.8) is 0 Å². The molecule has 2 saturated heterocycles. The van der Waals surface area contributed by atoms with Gasteiger partial charge in [-0.25, -0.2) is 13.4 Å². The second-order valence-electron chi connectivity index (χ2n) is 9.33. The predicted molar refractivity (Wildman–Crippen MR) is 116 cm³/mol. The molecule has 6 rings (SSSR count). The van der Waals surface area contributed by atoms with Crippen LogP contribution in [0.1, 0.15) is 48.4 Å². The highest BCUT2D eigenvalue weighted by atomic mass is 32.2. The predicted octanol–water partition coefficient (Wildman–Crippen LogP) is 2.37. The van der Waals surface area contributed by atoms with Gasteiger partial charge in [-0.3, -0.25) is 9.88 Å². The Bertz CT molecular complexity index is 1080. The van der Waals surface area contributed by atoms with Crippen molar-refractivity contribution in [3.05, 3.63) is 47.4 Å². The number of fused-ring (bicyclic) bond motifs is 2. The highest BCUT2D eigenvalue weighted by Gasteiger charge is 2.41. The van der Waals surface area contributed by atoms with Crippen molar-refractivity contribution >= 4 is 10.0 Å². The summed E-state index contributed by atoms with van der Waals surface area (Å²) in [5.74, 6) is 1.15. The van der Waals surface area contributed by atoms with Crippen LogP contribution in [-0.2, 0) is 22.9 Å². The molecule has 8 heteroatoms. The van der Waals surface area contributed by atoms with Crippen molar-refractivity contribution < 1.29 is 13.2 Å². The lowest BCUT2D eigenvalue weighted by Gasteiger charge is -2.36.